The molecule has 0 aliphatic rings. The molecule has 1 aromatic rings. The Balaban J connectivity index is 2.48. The van der Waals surface area contributed by atoms with Gasteiger partial charge in [0.25, 0.3) is 0 Å². The molecule has 1 atom stereocenters. The predicted octanol–water partition coefficient (Wildman–Crippen LogP) is 2.47. The molecule has 0 fully saturated rings. The summed E-state index contributed by atoms with van der Waals surface area (Å²) in [6.45, 7) is 2.20. The van der Waals surface area contributed by atoms with E-state index in [0.29, 0.717) is 0 Å². The monoisotopic (exact) mass is 181 g/mol. The third-order valence-corrected chi connectivity index (χ3v) is 3.60. The van der Waals surface area contributed by atoms with Crippen molar-refractivity contribution >= 4 is 13.4 Å². The van der Waals surface area contributed by atoms with Gasteiger partial charge in [-0.3, -0.25) is 0 Å². The average Bonchev–Trinajstić information content (AvgIpc) is 2.15. The minimum Gasteiger partial charge on any atom is -0.306 e. The van der Waals surface area contributed by atoms with E-state index in [9.17, 15) is 0 Å². The molecule has 0 aliphatic heterocycles. The Morgan fingerprint density at radius 1 is 1.25 bits per heavy atom. The minimum atomic E-state index is -0.382. The first-order valence-electron chi connectivity index (χ1n) is 4.42. The zero-order chi connectivity index (χ0) is 8.81. The summed E-state index contributed by atoms with van der Waals surface area (Å²) in [5.74, 6) is 0. The number of rotatable bonds is 4. The lowest BCUT2D eigenvalue weighted by molar-refractivity contribution is 0.892. The quantitative estimate of drug-likeness (QED) is 0.709. The van der Waals surface area contributed by atoms with E-state index in [1.807, 2.05) is 6.07 Å². The Labute approximate surface area is 75.8 Å². The van der Waals surface area contributed by atoms with E-state index in [1.165, 1.54) is 18.1 Å². The molecule has 2 heteroatoms. The smallest absolute Gasteiger partial charge is 0.00962 e. The fourth-order valence-electron chi connectivity index (χ4n) is 1.08. The molecule has 0 amide bonds. The molecule has 0 heterocycles. The van der Waals surface area contributed by atoms with Gasteiger partial charge in [-0.25, -0.2) is 0 Å². The van der Waals surface area contributed by atoms with Crippen LogP contribution in [0.1, 0.15) is 19.8 Å². The molecule has 12 heavy (non-hydrogen) atoms. The van der Waals surface area contributed by atoms with Crippen molar-refractivity contribution in [3.63, 3.8) is 0 Å². The van der Waals surface area contributed by atoms with Gasteiger partial charge in [-0.2, -0.15) is 0 Å². The molecule has 0 aliphatic carbocycles. The van der Waals surface area contributed by atoms with Gasteiger partial charge in [0.2, 0.25) is 0 Å². The molecular weight excluding hydrogens is 165 g/mol. The number of unbranched alkanes of at least 4 members (excludes halogenated alkanes) is 1. The molecule has 0 spiro atoms. The summed E-state index contributed by atoms with van der Waals surface area (Å²) in [6.07, 6.45) is 3.65. The summed E-state index contributed by atoms with van der Waals surface area (Å²) in [7, 11) is -0.382. The molecule has 0 radical (unpaired) electrons. The number of hydrogen-bond acceptors (Lipinski definition) is 1. The molecule has 0 saturated carbocycles. The van der Waals surface area contributed by atoms with Crippen LogP contribution in [0.4, 0.5) is 0 Å². The second-order valence-electron chi connectivity index (χ2n) is 2.88. The van der Waals surface area contributed by atoms with Crippen molar-refractivity contribution in [3.05, 3.63) is 30.3 Å². The lowest BCUT2D eigenvalue weighted by atomic mass is 10.4. The highest BCUT2D eigenvalue weighted by molar-refractivity contribution is 7.63. The van der Waals surface area contributed by atoms with Crippen molar-refractivity contribution in [2.75, 3.05) is 6.16 Å². The molecule has 1 aromatic carbocycles. The molecule has 1 nitrogen and oxygen atoms in total. The van der Waals surface area contributed by atoms with Crippen molar-refractivity contribution < 1.29 is 0 Å². The van der Waals surface area contributed by atoms with Crippen LogP contribution >= 0.6 is 8.07 Å². The molecule has 0 aromatic heterocycles. The maximum atomic E-state index is 6.05. The van der Waals surface area contributed by atoms with Crippen molar-refractivity contribution in [2.45, 2.75) is 19.8 Å². The van der Waals surface area contributed by atoms with Crippen LogP contribution in [0.3, 0.4) is 0 Å². The van der Waals surface area contributed by atoms with E-state index in [2.05, 4.69) is 31.2 Å². The summed E-state index contributed by atoms with van der Waals surface area (Å²) in [6, 6.07) is 10.4. The van der Waals surface area contributed by atoms with Gasteiger partial charge < -0.3 is 5.50 Å². The normalized spacial score (nSPS) is 12.8. The summed E-state index contributed by atoms with van der Waals surface area (Å²) in [4.78, 5) is 0. The van der Waals surface area contributed by atoms with E-state index in [4.69, 9.17) is 5.50 Å². The van der Waals surface area contributed by atoms with Gasteiger partial charge in [0, 0.05) is 0 Å². The second-order valence-corrected chi connectivity index (χ2v) is 4.79. The van der Waals surface area contributed by atoms with E-state index < -0.39 is 0 Å². The van der Waals surface area contributed by atoms with Crippen LogP contribution in [0.2, 0.25) is 0 Å². The van der Waals surface area contributed by atoms with E-state index in [0.717, 1.165) is 6.16 Å². The molecule has 0 saturated heterocycles. The van der Waals surface area contributed by atoms with Crippen molar-refractivity contribution in [3.8, 4) is 0 Å². The van der Waals surface area contributed by atoms with Crippen molar-refractivity contribution in [2.24, 2.45) is 5.50 Å². The van der Waals surface area contributed by atoms with E-state index in [-0.39, 0.29) is 8.07 Å². The largest absolute Gasteiger partial charge is 0.306 e. The summed E-state index contributed by atoms with van der Waals surface area (Å²) < 4.78 is 0. The van der Waals surface area contributed by atoms with Crippen LogP contribution in [0.15, 0.2) is 30.3 Å². The van der Waals surface area contributed by atoms with Crippen LogP contribution < -0.4 is 10.8 Å². The molecule has 1 rings (SSSR count). The fourth-order valence-corrected chi connectivity index (χ4v) is 2.55. The Morgan fingerprint density at radius 3 is 2.50 bits per heavy atom. The zero-order valence-electron chi connectivity index (χ0n) is 7.53. The summed E-state index contributed by atoms with van der Waals surface area (Å²) >= 11 is 0. The van der Waals surface area contributed by atoms with Gasteiger partial charge in [0.1, 0.15) is 0 Å². The highest BCUT2D eigenvalue weighted by Gasteiger charge is 2.02. The zero-order valence-corrected chi connectivity index (χ0v) is 8.43. The van der Waals surface area contributed by atoms with Crippen molar-refractivity contribution in [1.82, 2.24) is 0 Å². The Bertz CT molecular complexity index is 210. The first kappa shape index (κ1) is 9.70. The molecule has 0 bridgehead atoms. The first-order chi connectivity index (χ1) is 5.84. The van der Waals surface area contributed by atoms with Crippen LogP contribution in [0.5, 0.6) is 0 Å². The SMILES string of the molecule is CCCCP(N)c1ccccc1. The lowest BCUT2D eigenvalue weighted by Gasteiger charge is -2.10. The molecule has 1 unspecified atom stereocenters. The van der Waals surface area contributed by atoms with Gasteiger partial charge >= 0.3 is 0 Å². The topological polar surface area (TPSA) is 26.0 Å². The van der Waals surface area contributed by atoms with E-state index in [1.54, 1.807) is 0 Å². The van der Waals surface area contributed by atoms with Crippen LogP contribution in [0, 0.1) is 0 Å². The third kappa shape index (κ3) is 2.92. The van der Waals surface area contributed by atoms with Gasteiger partial charge in [-0.1, -0.05) is 43.7 Å². The summed E-state index contributed by atoms with van der Waals surface area (Å²) in [5, 5.41) is 1.32. The highest BCUT2D eigenvalue weighted by Crippen LogP contribution is 2.25. The number of hydrogen-bond donors (Lipinski definition) is 1. The maximum Gasteiger partial charge on any atom is -0.00962 e. The lowest BCUT2D eigenvalue weighted by Crippen LogP contribution is -2.08. The van der Waals surface area contributed by atoms with Gasteiger partial charge in [0.15, 0.2) is 0 Å². The van der Waals surface area contributed by atoms with Gasteiger partial charge in [0.05, 0.1) is 0 Å². The predicted molar refractivity (Wildman–Crippen MR) is 57.0 cm³/mol. The second kappa shape index (κ2) is 5.29. The first-order valence-corrected chi connectivity index (χ1v) is 6.01. The maximum absolute atomic E-state index is 6.05. The molecule has 2 N–H and O–H groups in total. The van der Waals surface area contributed by atoms with Crippen LogP contribution in [0.25, 0.3) is 0 Å². The van der Waals surface area contributed by atoms with Crippen LogP contribution in [-0.4, -0.2) is 6.16 Å². The Kier molecular flexibility index (Phi) is 4.27. The van der Waals surface area contributed by atoms with Gasteiger partial charge in [-0.05, 0) is 26.0 Å². The van der Waals surface area contributed by atoms with Crippen LogP contribution in [-0.2, 0) is 0 Å². The fraction of sp³-hybridized carbons (Fsp3) is 0.400. The standard InChI is InChI=1S/C10H16NP/c1-2-3-9-12(11)10-7-5-4-6-8-10/h4-8H,2-3,9,11H2,1H3. The third-order valence-electron chi connectivity index (χ3n) is 1.84. The number of nitrogens with two attached hydrogens (primary N) is 1. The Morgan fingerprint density at radius 2 is 1.92 bits per heavy atom. The Hall–Kier alpha value is -0.390. The number of benzene rings is 1. The van der Waals surface area contributed by atoms with Gasteiger partial charge in [-0.15, -0.1) is 0 Å². The highest BCUT2D eigenvalue weighted by atomic mass is 31.1. The molecule has 66 valence electrons. The average molecular weight is 181 g/mol. The minimum absolute atomic E-state index is 0.382. The summed E-state index contributed by atoms with van der Waals surface area (Å²) in [5.41, 5.74) is 6.05. The van der Waals surface area contributed by atoms with E-state index >= 15 is 0 Å². The molecular formula is C10H16NP. The van der Waals surface area contributed by atoms with Crippen molar-refractivity contribution in [1.29, 1.82) is 0 Å².